The fraction of sp³-hybridized carbons (Fsp3) is 0.333. The first-order valence-corrected chi connectivity index (χ1v) is 4.49. The SMILES string of the molecule is C=C[C@H](C)[C@@](C)(O)c1ccccc1. The van der Waals surface area contributed by atoms with Crippen LogP contribution in [0.15, 0.2) is 43.0 Å². The first-order valence-electron chi connectivity index (χ1n) is 4.49. The van der Waals surface area contributed by atoms with Gasteiger partial charge in [-0.3, -0.25) is 0 Å². The molecule has 0 aliphatic heterocycles. The molecule has 1 aromatic rings. The van der Waals surface area contributed by atoms with Crippen molar-refractivity contribution in [1.82, 2.24) is 0 Å². The smallest absolute Gasteiger partial charge is 0.0928 e. The van der Waals surface area contributed by atoms with Crippen molar-refractivity contribution >= 4 is 0 Å². The van der Waals surface area contributed by atoms with Crippen LogP contribution in [0.3, 0.4) is 0 Å². The quantitative estimate of drug-likeness (QED) is 0.702. The second-order valence-electron chi connectivity index (χ2n) is 3.54. The summed E-state index contributed by atoms with van der Waals surface area (Å²) in [7, 11) is 0. The summed E-state index contributed by atoms with van der Waals surface area (Å²) in [6.45, 7) is 7.46. The van der Waals surface area contributed by atoms with E-state index in [1.165, 1.54) is 0 Å². The second kappa shape index (κ2) is 3.75. The third-order valence-electron chi connectivity index (χ3n) is 2.60. The molecule has 70 valence electrons. The van der Waals surface area contributed by atoms with Gasteiger partial charge in [0.1, 0.15) is 0 Å². The van der Waals surface area contributed by atoms with E-state index in [0.29, 0.717) is 0 Å². The van der Waals surface area contributed by atoms with Crippen molar-refractivity contribution in [3.8, 4) is 0 Å². The first-order chi connectivity index (χ1) is 6.09. The van der Waals surface area contributed by atoms with Gasteiger partial charge in [-0.1, -0.05) is 43.3 Å². The number of rotatable bonds is 3. The fourth-order valence-corrected chi connectivity index (χ4v) is 1.27. The zero-order valence-corrected chi connectivity index (χ0v) is 8.20. The van der Waals surface area contributed by atoms with Gasteiger partial charge in [0.25, 0.3) is 0 Å². The van der Waals surface area contributed by atoms with Gasteiger partial charge in [0.15, 0.2) is 0 Å². The van der Waals surface area contributed by atoms with Crippen molar-refractivity contribution in [3.05, 3.63) is 48.6 Å². The molecule has 0 spiro atoms. The maximum atomic E-state index is 10.2. The molecule has 0 radical (unpaired) electrons. The molecule has 0 saturated heterocycles. The summed E-state index contributed by atoms with van der Waals surface area (Å²) in [5.41, 5.74) is 0.116. The predicted molar refractivity (Wildman–Crippen MR) is 55.4 cm³/mol. The third kappa shape index (κ3) is 1.99. The minimum Gasteiger partial charge on any atom is -0.385 e. The van der Waals surface area contributed by atoms with Crippen molar-refractivity contribution in [1.29, 1.82) is 0 Å². The maximum Gasteiger partial charge on any atom is 0.0928 e. The molecule has 0 amide bonds. The van der Waals surface area contributed by atoms with Gasteiger partial charge in [0.2, 0.25) is 0 Å². The van der Waals surface area contributed by atoms with Crippen LogP contribution in [-0.4, -0.2) is 5.11 Å². The number of hydrogen-bond donors (Lipinski definition) is 1. The average molecular weight is 176 g/mol. The molecule has 2 atom stereocenters. The molecular formula is C12H16O. The van der Waals surface area contributed by atoms with E-state index in [2.05, 4.69) is 6.58 Å². The van der Waals surface area contributed by atoms with Crippen molar-refractivity contribution in [2.75, 3.05) is 0 Å². The van der Waals surface area contributed by atoms with Crippen LogP contribution in [-0.2, 0) is 5.60 Å². The third-order valence-corrected chi connectivity index (χ3v) is 2.60. The topological polar surface area (TPSA) is 20.2 Å². The molecule has 0 bridgehead atoms. The molecule has 0 aliphatic rings. The zero-order chi connectivity index (χ0) is 9.90. The van der Waals surface area contributed by atoms with Crippen LogP contribution in [0.1, 0.15) is 19.4 Å². The molecular weight excluding hydrogens is 160 g/mol. The van der Waals surface area contributed by atoms with E-state index in [4.69, 9.17) is 0 Å². The lowest BCUT2D eigenvalue weighted by molar-refractivity contribution is 0.0205. The molecule has 0 fully saturated rings. The van der Waals surface area contributed by atoms with Crippen LogP contribution in [0, 0.1) is 5.92 Å². The minimum absolute atomic E-state index is 0.0508. The Hall–Kier alpha value is -1.08. The van der Waals surface area contributed by atoms with Gasteiger partial charge in [0, 0.05) is 5.92 Å². The van der Waals surface area contributed by atoms with Crippen LogP contribution >= 0.6 is 0 Å². The fourth-order valence-electron chi connectivity index (χ4n) is 1.27. The lowest BCUT2D eigenvalue weighted by atomic mass is 9.84. The lowest BCUT2D eigenvalue weighted by Crippen LogP contribution is -2.28. The highest BCUT2D eigenvalue weighted by atomic mass is 16.3. The van der Waals surface area contributed by atoms with Gasteiger partial charge >= 0.3 is 0 Å². The zero-order valence-electron chi connectivity index (χ0n) is 8.20. The molecule has 1 N–H and O–H groups in total. The highest BCUT2D eigenvalue weighted by Gasteiger charge is 2.27. The van der Waals surface area contributed by atoms with E-state index >= 15 is 0 Å². The van der Waals surface area contributed by atoms with Gasteiger partial charge in [-0.15, -0.1) is 6.58 Å². The van der Waals surface area contributed by atoms with E-state index in [1.807, 2.05) is 44.2 Å². The Bertz CT molecular complexity index is 274. The second-order valence-corrected chi connectivity index (χ2v) is 3.54. The molecule has 0 saturated carbocycles. The highest BCUT2D eigenvalue weighted by Crippen LogP contribution is 2.29. The first kappa shape index (κ1) is 10.0. The van der Waals surface area contributed by atoms with E-state index in [-0.39, 0.29) is 5.92 Å². The Labute approximate surface area is 79.7 Å². The molecule has 0 unspecified atom stereocenters. The Morgan fingerprint density at radius 1 is 1.38 bits per heavy atom. The van der Waals surface area contributed by atoms with Gasteiger partial charge in [-0.05, 0) is 12.5 Å². The molecule has 0 heterocycles. The van der Waals surface area contributed by atoms with Crippen LogP contribution in [0.2, 0.25) is 0 Å². The highest BCUT2D eigenvalue weighted by molar-refractivity contribution is 5.23. The lowest BCUT2D eigenvalue weighted by Gasteiger charge is -2.28. The molecule has 1 heteroatoms. The molecule has 13 heavy (non-hydrogen) atoms. The molecule has 1 nitrogen and oxygen atoms in total. The number of aliphatic hydroxyl groups is 1. The summed E-state index contributed by atoms with van der Waals surface area (Å²) < 4.78 is 0. The van der Waals surface area contributed by atoms with Crippen LogP contribution in [0.4, 0.5) is 0 Å². The molecule has 0 aliphatic carbocycles. The van der Waals surface area contributed by atoms with E-state index < -0.39 is 5.60 Å². The predicted octanol–water partition coefficient (Wildman–Crippen LogP) is 2.72. The van der Waals surface area contributed by atoms with Gasteiger partial charge < -0.3 is 5.11 Å². The van der Waals surface area contributed by atoms with Gasteiger partial charge in [0.05, 0.1) is 5.60 Å². The molecule has 0 aromatic heterocycles. The van der Waals surface area contributed by atoms with Gasteiger partial charge in [-0.25, -0.2) is 0 Å². The maximum absolute atomic E-state index is 10.2. The Balaban J connectivity index is 3.00. The van der Waals surface area contributed by atoms with Crippen LogP contribution in [0.5, 0.6) is 0 Å². The average Bonchev–Trinajstić information content (AvgIpc) is 2.18. The molecule has 1 aromatic carbocycles. The van der Waals surface area contributed by atoms with Crippen LogP contribution in [0.25, 0.3) is 0 Å². The van der Waals surface area contributed by atoms with Crippen LogP contribution < -0.4 is 0 Å². The van der Waals surface area contributed by atoms with Crippen molar-refractivity contribution in [3.63, 3.8) is 0 Å². The van der Waals surface area contributed by atoms with Crippen molar-refractivity contribution in [2.45, 2.75) is 19.4 Å². The number of benzene rings is 1. The summed E-state index contributed by atoms with van der Waals surface area (Å²) in [5.74, 6) is 0.0508. The Morgan fingerprint density at radius 3 is 2.38 bits per heavy atom. The van der Waals surface area contributed by atoms with Crippen molar-refractivity contribution in [2.24, 2.45) is 5.92 Å². The van der Waals surface area contributed by atoms with Gasteiger partial charge in [-0.2, -0.15) is 0 Å². The largest absolute Gasteiger partial charge is 0.385 e. The van der Waals surface area contributed by atoms with E-state index in [0.717, 1.165) is 5.56 Å². The summed E-state index contributed by atoms with van der Waals surface area (Å²) in [6.07, 6.45) is 1.77. The number of hydrogen-bond acceptors (Lipinski definition) is 1. The van der Waals surface area contributed by atoms with E-state index in [9.17, 15) is 5.11 Å². The van der Waals surface area contributed by atoms with Crippen molar-refractivity contribution < 1.29 is 5.11 Å². The Morgan fingerprint density at radius 2 is 1.92 bits per heavy atom. The Kier molecular flexibility index (Phi) is 2.89. The summed E-state index contributed by atoms with van der Waals surface area (Å²) in [4.78, 5) is 0. The molecule has 1 rings (SSSR count). The summed E-state index contributed by atoms with van der Waals surface area (Å²) in [6, 6.07) is 9.66. The normalized spacial score (nSPS) is 17.5. The summed E-state index contributed by atoms with van der Waals surface area (Å²) >= 11 is 0. The van der Waals surface area contributed by atoms with E-state index in [1.54, 1.807) is 6.08 Å². The standard InChI is InChI=1S/C12H16O/c1-4-10(2)12(3,13)11-8-6-5-7-9-11/h4-10,13H,1H2,2-3H3/t10-,12+/m0/s1. The summed E-state index contributed by atoms with van der Waals surface area (Å²) in [5, 5.41) is 10.2. The monoisotopic (exact) mass is 176 g/mol. The minimum atomic E-state index is -0.816.